The molecule has 0 unspecified atom stereocenters. The van der Waals surface area contributed by atoms with E-state index < -0.39 is 0 Å². The number of nitrogens with zero attached hydrogens (tertiary/aromatic N) is 4. The Bertz CT molecular complexity index is 1170. The van der Waals surface area contributed by atoms with Gasteiger partial charge >= 0.3 is 0 Å². The SMILES string of the molecule is O=C(c1sccc1-c1ccccc1)N1CCN(c2ccnc(-c3ccccc3)n2)CC1. The zero-order chi connectivity index (χ0) is 21.0. The lowest BCUT2D eigenvalue weighted by molar-refractivity contribution is 0.0752. The van der Waals surface area contributed by atoms with Gasteiger partial charge < -0.3 is 9.80 Å². The molecule has 5 rings (SSSR count). The molecule has 3 heterocycles. The van der Waals surface area contributed by atoms with E-state index in [9.17, 15) is 4.79 Å². The fraction of sp³-hybridized carbons (Fsp3) is 0.160. The predicted molar refractivity (Wildman–Crippen MR) is 125 cm³/mol. The summed E-state index contributed by atoms with van der Waals surface area (Å²) in [5, 5.41) is 2.00. The third-order valence-corrected chi connectivity index (χ3v) is 6.41. The minimum absolute atomic E-state index is 0.112. The van der Waals surface area contributed by atoms with Crippen LogP contribution in [0.2, 0.25) is 0 Å². The fourth-order valence-electron chi connectivity index (χ4n) is 3.85. The van der Waals surface area contributed by atoms with E-state index in [0.29, 0.717) is 13.1 Å². The van der Waals surface area contributed by atoms with Gasteiger partial charge in [-0.1, -0.05) is 60.7 Å². The number of hydrogen-bond donors (Lipinski definition) is 0. The van der Waals surface area contributed by atoms with Crippen LogP contribution in [0.4, 0.5) is 5.82 Å². The van der Waals surface area contributed by atoms with Crippen LogP contribution in [0.5, 0.6) is 0 Å². The molecule has 0 saturated carbocycles. The second-order valence-corrected chi connectivity index (χ2v) is 8.33. The van der Waals surface area contributed by atoms with Gasteiger partial charge in [0.2, 0.25) is 0 Å². The lowest BCUT2D eigenvalue weighted by atomic mass is 10.1. The number of piperazine rings is 1. The number of benzene rings is 2. The van der Waals surface area contributed by atoms with Crippen molar-refractivity contribution in [1.82, 2.24) is 14.9 Å². The first-order chi connectivity index (χ1) is 15.3. The van der Waals surface area contributed by atoms with E-state index in [2.05, 4.69) is 22.0 Å². The highest BCUT2D eigenvalue weighted by Gasteiger charge is 2.25. The van der Waals surface area contributed by atoms with Crippen LogP contribution in [0.15, 0.2) is 84.4 Å². The fourth-order valence-corrected chi connectivity index (χ4v) is 4.74. The average molecular weight is 427 g/mol. The van der Waals surface area contributed by atoms with Crippen molar-refractivity contribution in [2.24, 2.45) is 0 Å². The molecule has 154 valence electrons. The number of anilines is 1. The Morgan fingerprint density at radius 1 is 0.806 bits per heavy atom. The molecule has 2 aromatic carbocycles. The molecule has 0 aliphatic carbocycles. The molecule has 0 N–H and O–H groups in total. The van der Waals surface area contributed by atoms with E-state index in [1.54, 1.807) is 6.20 Å². The van der Waals surface area contributed by atoms with Crippen LogP contribution < -0.4 is 4.90 Å². The molecule has 4 aromatic rings. The first-order valence-corrected chi connectivity index (χ1v) is 11.2. The van der Waals surface area contributed by atoms with Crippen molar-refractivity contribution in [3.63, 3.8) is 0 Å². The molecule has 6 heteroatoms. The van der Waals surface area contributed by atoms with Gasteiger partial charge in [-0.2, -0.15) is 0 Å². The quantitative estimate of drug-likeness (QED) is 0.469. The Morgan fingerprint density at radius 2 is 1.48 bits per heavy atom. The molecular formula is C25H22N4OS. The second-order valence-electron chi connectivity index (χ2n) is 7.41. The summed E-state index contributed by atoms with van der Waals surface area (Å²) >= 11 is 1.52. The Morgan fingerprint density at radius 3 is 2.19 bits per heavy atom. The normalized spacial score (nSPS) is 13.9. The number of rotatable bonds is 4. The van der Waals surface area contributed by atoms with Gasteiger partial charge in [0.15, 0.2) is 5.82 Å². The average Bonchev–Trinajstić information content (AvgIpc) is 3.35. The highest BCUT2D eigenvalue weighted by molar-refractivity contribution is 7.12. The van der Waals surface area contributed by atoms with Gasteiger partial charge in [-0.05, 0) is 23.1 Å². The minimum Gasteiger partial charge on any atom is -0.353 e. The van der Waals surface area contributed by atoms with Crippen LogP contribution in [0, 0.1) is 0 Å². The van der Waals surface area contributed by atoms with E-state index in [-0.39, 0.29) is 5.91 Å². The maximum absolute atomic E-state index is 13.2. The molecule has 1 saturated heterocycles. The number of thiophene rings is 1. The predicted octanol–water partition coefficient (Wildman–Crippen LogP) is 4.83. The number of carbonyl (C=O) groups excluding carboxylic acids is 1. The molecule has 0 spiro atoms. The van der Waals surface area contributed by atoms with Gasteiger partial charge in [-0.3, -0.25) is 4.79 Å². The molecule has 1 aliphatic rings. The van der Waals surface area contributed by atoms with Crippen LogP contribution in [0.1, 0.15) is 9.67 Å². The van der Waals surface area contributed by atoms with Crippen molar-refractivity contribution in [3.05, 3.63) is 89.3 Å². The summed E-state index contributed by atoms with van der Waals surface area (Å²) in [5.41, 5.74) is 3.10. The number of carbonyl (C=O) groups is 1. The molecule has 1 aliphatic heterocycles. The molecule has 0 atom stereocenters. The topological polar surface area (TPSA) is 49.3 Å². The highest BCUT2D eigenvalue weighted by atomic mass is 32.1. The molecule has 1 fully saturated rings. The summed E-state index contributed by atoms with van der Waals surface area (Å²) < 4.78 is 0. The van der Waals surface area contributed by atoms with Gasteiger partial charge in [0, 0.05) is 43.5 Å². The lowest BCUT2D eigenvalue weighted by Gasteiger charge is -2.35. The van der Waals surface area contributed by atoms with Gasteiger partial charge in [-0.25, -0.2) is 9.97 Å². The van der Waals surface area contributed by atoms with Crippen LogP contribution in [0.25, 0.3) is 22.5 Å². The van der Waals surface area contributed by atoms with E-state index in [0.717, 1.165) is 46.3 Å². The third-order valence-electron chi connectivity index (χ3n) is 5.51. The molecule has 2 aromatic heterocycles. The van der Waals surface area contributed by atoms with E-state index >= 15 is 0 Å². The van der Waals surface area contributed by atoms with Crippen molar-refractivity contribution in [2.75, 3.05) is 31.1 Å². The summed E-state index contributed by atoms with van der Waals surface area (Å²) in [5.74, 6) is 1.74. The maximum atomic E-state index is 13.2. The molecule has 0 radical (unpaired) electrons. The van der Waals surface area contributed by atoms with Gasteiger partial charge in [0.05, 0.1) is 4.88 Å². The first kappa shape index (κ1) is 19.5. The van der Waals surface area contributed by atoms with Crippen LogP contribution in [0.3, 0.4) is 0 Å². The summed E-state index contributed by atoms with van der Waals surface area (Å²) in [6.45, 7) is 2.86. The first-order valence-electron chi connectivity index (χ1n) is 10.4. The molecule has 31 heavy (non-hydrogen) atoms. The second kappa shape index (κ2) is 8.70. The molecular weight excluding hydrogens is 404 g/mol. The summed E-state index contributed by atoms with van der Waals surface area (Å²) in [6, 6.07) is 24.1. The summed E-state index contributed by atoms with van der Waals surface area (Å²) in [4.78, 5) is 27.4. The zero-order valence-electron chi connectivity index (χ0n) is 17.0. The standard InChI is InChI=1S/C25H22N4OS/c30-25(23-21(12-18-31-23)19-7-3-1-4-8-19)29-16-14-28(15-17-29)22-11-13-26-24(27-22)20-9-5-2-6-10-20/h1-13,18H,14-17H2. The summed E-state index contributed by atoms with van der Waals surface area (Å²) in [7, 11) is 0. The summed E-state index contributed by atoms with van der Waals surface area (Å²) in [6.07, 6.45) is 1.81. The van der Waals surface area contributed by atoms with Crippen LogP contribution in [-0.4, -0.2) is 47.0 Å². The van der Waals surface area contributed by atoms with Crippen LogP contribution >= 0.6 is 11.3 Å². The third kappa shape index (κ3) is 4.07. The molecule has 0 bridgehead atoms. The zero-order valence-corrected chi connectivity index (χ0v) is 17.8. The largest absolute Gasteiger partial charge is 0.353 e. The molecule has 5 nitrogen and oxygen atoms in total. The van der Waals surface area contributed by atoms with Crippen molar-refractivity contribution >= 4 is 23.1 Å². The number of aromatic nitrogens is 2. The van der Waals surface area contributed by atoms with Crippen molar-refractivity contribution in [2.45, 2.75) is 0 Å². The Kier molecular flexibility index (Phi) is 5.46. The van der Waals surface area contributed by atoms with Crippen LogP contribution in [-0.2, 0) is 0 Å². The maximum Gasteiger partial charge on any atom is 0.264 e. The van der Waals surface area contributed by atoms with Gasteiger partial charge in [-0.15, -0.1) is 11.3 Å². The highest BCUT2D eigenvalue weighted by Crippen LogP contribution is 2.30. The van der Waals surface area contributed by atoms with E-state index in [4.69, 9.17) is 4.98 Å². The minimum atomic E-state index is 0.112. The van der Waals surface area contributed by atoms with Crippen molar-refractivity contribution in [1.29, 1.82) is 0 Å². The Balaban J connectivity index is 1.29. The van der Waals surface area contributed by atoms with E-state index in [1.807, 2.05) is 70.9 Å². The van der Waals surface area contributed by atoms with Crippen molar-refractivity contribution < 1.29 is 4.79 Å². The lowest BCUT2D eigenvalue weighted by Crippen LogP contribution is -2.49. The number of hydrogen-bond acceptors (Lipinski definition) is 5. The van der Waals surface area contributed by atoms with E-state index in [1.165, 1.54) is 11.3 Å². The van der Waals surface area contributed by atoms with Gasteiger partial charge in [0.25, 0.3) is 5.91 Å². The monoisotopic (exact) mass is 426 g/mol. The van der Waals surface area contributed by atoms with Gasteiger partial charge in [0.1, 0.15) is 5.82 Å². The van der Waals surface area contributed by atoms with Crippen molar-refractivity contribution in [3.8, 4) is 22.5 Å². The molecule has 1 amide bonds. The Labute approximate surface area is 185 Å². The number of amides is 1. The smallest absolute Gasteiger partial charge is 0.264 e. The Hall–Kier alpha value is -3.51.